The van der Waals surface area contributed by atoms with E-state index in [1.807, 2.05) is 43.3 Å². The molecule has 7 heteroatoms. The maximum Gasteiger partial charge on any atom is 0.330 e. The van der Waals surface area contributed by atoms with Crippen molar-refractivity contribution < 1.29 is 14.6 Å². The Hall–Kier alpha value is -2.80. The minimum atomic E-state index is -0.971. The fraction of sp³-hybridized carbons (Fsp3) is 0.158. The van der Waals surface area contributed by atoms with Gasteiger partial charge in [-0.25, -0.2) is 4.79 Å². The van der Waals surface area contributed by atoms with Gasteiger partial charge in [-0.05, 0) is 40.5 Å². The summed E-state index contributed by atoms with van der Waals surface area (Å²) < 4.78 is 5.74. The Balaban J connectivity index is 2.24. The molecular formula is C19H18BrN3O3. The molecule has 0 saturated carbocycles. The van der Waals surface area contributed by atoms with Crippen molar-refractivity contribution in [3.8, 4) is 0 Å². The predicted octanol–water partition coefficient (Wildman–Crippen LogP) is 3.86. The van der Waals surface area contributed by atoms with Crippen LogP contribution in [0.25, 0.3) is 5.70 Å². The van der Waals surface area contributed by atoms with Crippen molar-refractivity contribution >= 4 is 33.3 Å². The molecule has 134 valence electrons. The molecule has 1 aliphatic heterocycles. The van der Waals surface area contributed by atoms with Crippen LogP contribution in [0.2, 0.25) is 0 Å². The van der Waals surface area contributed by atoms with Crippen LogP contribution < -0.4 is 10.6 Å². The smallest absolute Gasteiger partial charge is 0.330 e. The normalized spacial score (nSPS) is 18.3. The van der Waals surface area contributed by atoms with Crippen molar-refractivity contribution in [3.63, 3.8) is 0 Å². The average Bonchev–Trinajstić information content (AvgIpc) is 2.78. The first-order valence-corrected chi connectivity index (χ1v) is 8.73. The molecule has 0 fully saturated rings. The van der Waals surface area contributed by atoms with Gasteiger partial charge in [0.15, 0.2) is 10.7 Å². The number of hydrogen-bond donors (Lipinski definition) is 3. The summed E-state index contributed by atoms with van der Waals surface area (Å²) >= 11 is 3.38. The lowest BCUT2D eigenvalue weighted by atomic mass is 9.98. The highest BCUT2D eigenvalue weighted by molar-refractivity contribution is 9.11. The van der Waals surface area contributed by atoms with Crippen LogP contribution in [0.5, 0.6) is 0 Å². The number of rotatable bonds is 4. The molecule has 0 saturated heterocycles. The number of carbonyl (C=O) groups is 1. The van der Waals surface area contributed by atoms with Crippen molar-refractivity contribution in [2.45, 2.75) is 13.0 Å². The van der Waals surface area contributed by atoms with E-state index in [2.05, 4.69) is 31.5 Å². The number of halogens is 1. The molecule has 1 atom stereocenters. The Bertz CT molecular complexity index is 894. The third-order valence-corrected chi connectivity index (χ3v) is 4.85. The van der Waals surface area contributed by atoms with E-state index >= 15 is 0 Å². The molecule has 26 heavy (non-hydrogen) atoms. The lowest BCUT2D eigenvalue weighted by molar-refractivity contribution is -0.139. The number of anilines is 1. The second-order valence-corrected chi connectivity index (χ2v) is 6.44. The Morgan fingerprint density at radius 1 is 1.31 bits per heavy atom. The number of nitrogens with zero attached hydrogens (tertiary/aromatic N) is 1. The minimum absolute atomic E-state index is 0.430. The zero-order valence-corrected chi connectivity index (χ0v) is 15.9. The molecule has 3 rings (SSSR count). The van der Waals surface area contributed by atoms with Gasteiger partial charge in [-0.3, -0.25) is 4.98 Å². The number of hydrogen-bond acceptors (Lipinski definition) is 5. The van der Waals surface area contributed by atoms with Gasteiger partial charge in [0, 0.05) is 17.3 Å². The number of methoxy groups -OCH3 is 1. The standard InChI is InChI=1S/C19H18BrN3O3/c1-11-15(22-12-6-5-9-21-10-12)13-7-3-4-8-14(13)17(19(24)25)23-16(11)18(20)26-2/h3-10,17,22-23H,1-2H3,(H,24,25)/b18-16-/t17-/m1/s1. The maximum atomic E-state index is 11.9. The predicted molar refractivity (Wildman–Crippen MR) is 103 cm³/mol. The van der Waals surface area contributed by atoms with Gasteiger partial charge in [0.2, 0.25) is 0 Å². The number of carboxylic acids is 1. The third kappa shape index (κ3) is 3.43. The van der Waals surface area contributed by atoms with Crippen LogP contribution in [0.4, 0.5) is 5.69 Å². The molecule has 0 unspecified atom stereocenters. The molecule has 0 aliphatic carbocycles. The molecule has 6 nitrogen and oxygen atoms in total. The van der Waals surface area contributed by atoms with E-state index in [1.54, 1.807) is 12.4 Å². The second kappa shape index (κ2) is 7.61. The van der Waals surface area contributed by atoms with Gasteiger partial charge >= 0.3 is 5.97 Å². The number of aliphatic carboxylic acids is 1. The van der Waals surface area contributed by atoms with Gasteiger partial charge in [0.05, 0.1) is 30.4 Å². The quantitative estimate of drug-likeness (QED) is 0.657. The van der Waals surface area contributed by atoms with E-state index in [1.165, 1.54) is 7.11 Å². The molecule has 3 N–H and O–H groups in total. The van der Waals surface area contributed by atoms with E-state index in [0.29, 0.717) is 15.9 Å². The van der Waals surface area contributed by atoms with Gasteiger partial charge in [-0.1, -0.05) is 24.3 Å². The SMILES string of the molecule is CO/C(Br)=C1\N[C@@H](C(=O)O)c2ccccc2C(Nc2cccnc2)=C1C. The molecule has 1 aromatic heterocycles. The van der Waals surface area contributed by atoms with Crippen LogP contribution in [0.1, 0.15) is 24.1 Å². The number of pyridine rings is 1. The molecule has 1 aromatic carbocycles. The van der Waals surface area contributed by atoms with Gasteiger partial charge < -0.3 is 20.5 Å². The molecular weight excluding hydrogens is 398 g/mol. The number of carboxylic acid groups (broad SMARTS) is 1. The van der Waals surface area contributed by atoms with Gasteiger partial charge in [0.25, 0.3) is 0 Å². The van der Waals surface area contributed by atoms with Gasteiger partial charge in [-0.15, -0.1) is 0 Å². The van der Waals surface area contributed by atoms with Gasteiger partial charge in [-0.2, -0.15) is 0 Å². The third-order valence-electron chi connectivity index (χ3n) is 4.13. The number of fused-ring (bicyclic) bond motifs is 1. The maximum absolute atomic E-state index is 11.9. The Morgan fingerprint density at radius 3 is 2.73 bits per heavy atom. The lowest BCUT2D eigenvalue weighted by Crippen LogP contribution is -2.28. The topological polar surface area (TPSA) is 83.5 Å². The van der Waals surface area contributed by atoms with Crippen LogP contribution in [0.3, 0.4) is 0 Å². The van der Waals surface area contributed by atoms with Crippen LogP contribution in [-0.2, 0) is 9.53 Å². The van der Waals surface area contributed by atoms with Crippen molar-refractivity contribution in [1.29, 1.82) is 0 Å². The fourth-order valence-electron chi connectivity index (χ4n) is 2.88. The first kappa shape index (κ1) is 18.0. The lowest BCUT2D eigenvalue weighted by Gasteiger charge is -2.18. The molecule has 1 aliphatic rings. The van der Waals surface area contributed by atoms with Crippen LogP contribution in [0.15, 0.2) is 64.7 Å². The summed E-state index contributed by atoms with van der Waals surface area (Å²) in [6.07, 6.45) is 3.41. The van der Waals surface area contributed by atoms with E-state index < -0.39 is 12.0 Å². The van der Waals surface area contributed by atoms with Crippen molar-refractivity contribution in [1.82, 2.24) is 10.3 Å². The highest BCUT2D eigenvalue weighted by atomic mass is 79.9. The first-order chi connectivity index (χ1) is 12.5. The summed E-state index contributed by atoms with van der Waals surface area (Å²) in [5.41, 5.74) is 4.45. The van der Waals surface area contributed by atoms with Gasteiger partial charge in [0.1, 0.15) is 0 Å². The summed E-state index contributed by atoms with van der Waals surface area (Å²) in [6.45, 7) is 1.91. The summed E-state index contributed by atoms with van der Waals surface area (Å²) in [6, 6.07) is 10.2. The fourth-order valence-corrected chi connectivity index (χ4v) is 3.29. The van der Waals surface area contributed by atoms with Crippen LogP contribution in [-0.4, -0.2) is 23.2 Å². The largest absolute Gasteiger partial charge is 0.488 e. The summed E-state index contributed by atoms with van der Waals surface area (Å²) in [4.78, 5) is 16.0. The molecule has 0 radical (unpaired) electrons. The molecule has 0 amide bonds. The number of ether oxygens (including phenoxy) is 1. The molecule has 0 bridgehead atoms. The summed E-state index contributed by atoms with van der Waals surface area (Å²) in [5, 5.41) is 16.2. The first-order valence-electron chi connectivity index (χ1n) is 7.93. The van der Waals surface area contributed by atoms with E-state index in [4.69, 9.17) is 4.74 Å². The van der Waals surface area contributed by atoms with Crippen molar-refractivity contribution in [2.24, 2.45) is 0 Å². The van der Waals surface area contributed by atoms with Crippen LogP contribution in [0, 0.1) is 0 Å². The summed E-state index contributed by atoms with van der Waals surface area (Å²) in [5.74, 6) is -0.971. The van der Waals surface area contributed by atoms with Crippen molar-refractivity contribution in [3.05, 3.63) is 75.9 Å². The Kier molecular flexibility index (Phi) is 5.27. The van der Waals surface area contributed by atoms with E-state index in [0.717, 1.165) is 22.5 Å². The van der Waals surface area contributed by atoms with E-state index in [-0.39, 0.29) is 0 Å². The Labute approximate surface area is 159 Å². The average molecular weight is 416 g/mol. The number of aromatic nitrogens is 1. The Morgan fingerprint density at radius 2 is 2.08 bits per heavy atom. The zero-order chi connectivity index (χ0) is 18.7. The van der Waals surface area contributed by atoms with Crippen molar-refractivity contribution in [2.75, 3.05) is 12.4 Å². The number of nitrogens with one attached hydrogen (secondary N) is 2. The molecule has 2 heterocycles. The number of allylic oxidation sites excluding steroid dienone is 1. The molecule has 0 spiro atoms. The molecule has 2 aromatic rings. The minimum Gasteiger partial charge on any atom is -0.488 e. The summed E-state index contributed by atoms with van der Waals surface area (Å²) in [7, 11) is 1.52. The monoisotopic (exact) mass is 415 g/mol. The zero-order valence-electron chi connectivity index (χ0n) is 14.3. The van der Waals surface area contributed by atoms with E-state index in [9.17, 15) is 9.90 Å². The highest BCUT2D eigenvalue weighted by Crippen LogP contribution is 2.36. The van der Waals surface area contributed by atoms with Crippen LogP contribution >= 0.6 is 15.9 Å². The highest BCUT2D eigenvalue weighted by Gasteiger charge is 2.30. The second-order valence-electron chi connectivity index (χ2n) is 5.72. The number of benzene rings is 1.